The molecule has 2 rings (SSSR count). The summed E-state index contributed by atoms with van der Waals surface area (Å²) in [6.07, 6.45) is 7.28. The fourth-order valence-electron chi connectivity index (χ4n) is 1.63. The molecule has 14 heavy (non-hydrogen) atoms. The smallest absolute Gasteiger partial charge is 0.339 e. The molecule has 0 radical (unpaired) electrons. The summed E-state index contributed by atoms with van der Waals surface area (Å²) in [5.41, 5.74) is 0.803. The molecule has 0 saturated carbocycles. The summed E-state index contributed by atoms with van der Waals surface area (Å²) >= 11 is 0. The van der Waals surface area contributed by atoms with Crippen LogP contribution in [0.25, 0.3) is 0 Å². The molecular weight excluding hydrogens is 182 g/mol. The highest BCUT2D eigenvalue weighted by atomic mass is 16.4. The van der Waals surface area contributed by atoms with E-state index < -0.39 is 12.0 Å². The van der Waals surface area contributed by atoms with Crippen molar-refractivity contribution in [2.24, 2.45) is 0 Å². The first-order valence-electron chi connectivity index (χ1n) is 4.29. The van der Waals surface area contributed by atoms with Gasteiger partial charge in [0.15, 0.2) is 5.78 Å². The van der Waals surface area contributed by atoms with Gasteiger partial charge in [0.25, 0.3) is 0 Å². The van der Waals surface area contributed by atoms with E-state index in [9.17, 15) is 9.59 Å². The minimum atomic E-state index is -1.15. The monoisotopic (exact) mass is 191 g/mol. The molecule has 0 aromatic carbocycles. The van der Waals surface area contributed by atoms with Gasteiger partial charge in [-0.2, -0.15) is 0 Å². The molecule has 0 aromatic rings. The lowest BCUT2D eigenvalue weighted by atomic mass is 9.87. The molecule has 72 valence electrons. The van der Waals surface area contributed by atoms with Crippen LogP contribution in [0.2, 0.25) is 0 Å². The Bertz CT molecular complexity index is 390. The Labute approximate surface area is 80.6 Å². The third-order valence-electron chi connectivity index (χ3n) is 2.34. The number of rotatable bonds is 1. The summed E-state index contributed by atoms with van der Waals surface area (Å²) in [5.74, 6) is -1.51. The second kappa shape index (κ2) is 3.14. The van der Waals surface area contributed by atoms with E-state index >= 15 is 0 Å². The standard InChI is InChI=1S/C10H9NO3/c12-9-7(10(13)14)4-3-6-2-1-5-11-8(6)9/h1-2,4-5,8,11H,3H2,(H,13,14). The topological polar surface area (TPSA) is 66.4 Å². The molecule has 1 aliphatic heterocycles. The maximum Gasteiger partial charge on any atom is 0.339 e. The Morgan fingerprint density at radius 3 is 3.07 bits per heavy atom. The molecule has 1 atom stereocenters. The average Bonchev–Trinajstić information content (AvgIpc) is 2.18. The first kappa shape index (κ1) is 8.74. The Kier molecular flexibility index (Phi) is 1.96. The zero-order chi connectivity index (χ0) is 10.1. The van der Waals surface area contributed by atoms with Crippen molar-refractivity contribution in [1.29, 1.82) is 0 Å². The van der Waals surface area contributed by atoms with Gasteiger partial charge in [0.05, 0.1) is 0 Å². The summed E-state index contributed by atoms with van der Waals surface area (Å²) in [4.78, 5) is 22.3. The van der Waals surface area contributed by atoms with Crippen molar-refractivity contribution in [3.05, 3.63) is 35.6 Å². The number of dihydropyridines is 1. The lowest BCUT2D eigenvalue weighted by Crippen LogP contribution is -2.41. The number of hydrogen-bond acceptors (Lipinski definition) is 3. The fourth-order valence-corrected chi connectivity index (χ4v) is 1.63. The molecule has 0 bridgehead atoms. The number of carbonyl (C=O) groups excluding carboxylic acids is 1. The van der Waals surface area contributed by atoms with Crippen molar-refractivity contribution in [3.63, 3.8) is 0 Å². The van der Waals surface area contributed by atoms with Crippen LogP contribution in [0.15, 0.2) is 35.6 Å². The minimum Gasteiger partial charge on any atom is -0.478 e. The number of hydrogen-bond donors (Lipinski definition) is 2. The zero-order valence-electron chi connectivity index (χ0n) is 7.36. The van der Waals surface area contributed by atoms with Crippen molar-refractivity contribution in [3.8, 4) is 0 Å². The van der Waals surface area contributed by atoms with Crippen molar-refractivity contribution in [2.75, 3.05) is 0 Å². The maximum atomic E-state index is 11.6. The van der Waals surface area contributed by atoms with Crippen molar-refractivity contribution < 1.29 is 14.7 Å². The van der Waals surface area contributed by atoms with Gasteiger partial charge in [-0.25, -0.2) is 4.79 Å². The van der Waals surface area contributed by atoms with Crippen molar-refractivity contribution >= 4 is 11.8 Å². The van der Waals surface area contributed by atoms with Crippen LogP contribution in [-0.2, 0) is 9.59 Å². The summed E-state index contributed by atoms with van der Waals surface area (Å²) < 4.78 is 0. The number of nitrogens with one attached hydrogen (secondary N) is 1. The van der Waals surface area contributed by atoms with E-state index in [0.717, 1.165) is 5.57 Å². The highest BCUT2D eigenvalue weighted by Gasteiger charge is 2.32. The van der Waals surface area contributed by atoms with E-state index in [1.54, 1.807) is 12.3 Å². The second-order valence-corrected chi connectivity index (χ2v) is 3.19. The van der Waals surface area contributed by atoms with Crippen LogP contribution in [0.5, 0.6) is 0 Å². The van der Waals surface area contributed by atoms with E-state index in [1.165, 1.54) is 6.08 Å². The Balaban J connectivity index is 2.35. The molecule has 0 aromatic heterocycles. The Morgan fingerprint density at radius 1 is 1.57 bits per heavy atom. The zero-order valence-corrected chi connectivity index (χ0v) is 7.36. The van der Waals surface area contributed by atoms with Gasteiger partial charge in [0, 0.05) is 0 Å². The Hall–Kier alpha value is -1.84. The molecule has 4 heteroatoms. The third kappa shape index (κ3) is 1.25. The number of aliphatic carboxylic acids is 1. The quantitative estimate of drug-likeness (QED) is 0.588. The summed E-state index contributed by atoms with van der Waals surface area (Å²) in [6.45, 7) is 0. The molecule has 1 heterocycles. The molecule has 4 nitrogen and oxygen atoms in total. The predicted octanol–water partition coefficient (Wildman–Crippen LogP) is 0.382. The first-order valence-corrected chi connectivity index (χ1v) is 4.29. The van der Waals surface area contributed by atoms with Crippen LogP contribution in [0.1, 0.15) is 6.42 Å². The third-order valence-corrected chi connectivity index (χ3v) is 2.34. The van der Waals surface area contributed by atoms with Crippen LogP contribution in [-0.4, -0.2) is 22.9 Å². The lowest BCUT2D eigenvalue weighted by molar-refractivity contribution is -0.134. The van der Waals surface area contributed by atoms with Crippen molar-refractivity contribution in [2.45, 2.75) is 12.5 Å². The van der Waals surface area contributed by atoms with Gasteiger partial charge in [-0.1, -0.05) is 12.2 Å². The van der Waals surface area contributed by atoms with Crippen LogP contribution in [0.3, 0.4) is 0 Å². The van der Waals surface area contributed by atoms with Gasteiger partial charge in [0.2, 0.25) is 0 Å². The summed E-state index contributed by atoms with van der Waals surface area (Å²) in [5, 5.41) is 11.6. The predicted molar refractivity (Wildman–Crippen MR) is 49.5 cm³/mol. The normalized spacial score (nSPS) is 24.6. The van der Waals surface area contributed by atoms with E-state index in [1.807, 2.05) is 6.08 Å². The molecule has 0 saturated heterocycles. The minimum absolute atomic E-state index is 0.116. The number of carboxylic acids is 1. The van der Waals surface area contributed by atoms with Gasteiger partial charge in [-0.05, 0) is 24.3 Å². The molecule has 1 aliphatic carbocycles. The van der Waals surface area contributed by atoms with E-state index in [4.69, 9.17) is 5.11 Å². The number of carbonyl (C=O) groups is 2. The fraction of sp³-hybridized carbons (Fsp3) is 0.200. The summed E-state index contributed by atoms with van der Waals surface area (Å²) in [6, 6.07) is -0.476. The van der Waals surface area contributed by atoms with E-state index in [0.29, 0.717) is 6.42 Å². The number of carboxylic acid groups (broad SMARTS) is 1. The second-order valence-electron chi connectivity index (χ2n) is 3.19. The molecule has 0 fully saturated rings. The van der Waals surface area contributed by atoms with E-state index in [2.05, 4.69) is 5.32 Å². The lowest BCUT2D eigenvalue weighted by Gasteiger charge is -2.25. The molecular formula is C10H9NO3. The first-order chi connectivity index (χ1) is 6.70. The van der Waals surface area contributed by atoms with Crippen LogP contribution in [0.4, 0.5) is 0 Å². The van der Waals surface area contributed by atoms with Crippen LogP contribution < -0.4 is 5.32 Å². The number of Topliss-reactive ketones (excluding diaryl/α,β-unsaturated/α-hetero) is 1. The highest BCUT2D eigenvalue weighted by Crippen LogP contribution is 2.22. The molecule has 0 spiro atoms. The molecule has 1 unspecified atom stereocenters. The van der Waals surface area contributed by atoms with Gasteiger partial charge in [-0.15, -0.1) is 0 Å². The van der Waals surface area contributed by atoms with Gasteiger partial charge < -0.3 is 10.4 Å². The van der Waals surface area contributed by atoms with Gasteiger partial charge in [0.1, 0.15) is 11.6 Å². The van der Waals surface area contributed by atoms with Gasteiger partial charge in [-0.3, -0.25) is 4.79 Å². The summed E-state index contributed by atoms with van der Waals surface area (Å²) in [7, 11) is 0. The van der Waals surface area contributed by atoms with Crippen molar-refractivity contribution in [1.82, 2.24) is 5.32 Å². The van der Waals surface area contributed by atoms with Crippen LogP contribution >= 0.6 is 0 Å². The van der Waals surface area contributed by atoms with E-state index in [-0.39, 0.29) is 11.4 Å². The molecule has 2 N–H and O–H groups in total. The largest absolute Gasteiger partial charge is 0.478 e. The SMILES string of the molecule is O=C(O)C1=CCC2=CC=CNC2C1=O. The average molecular weight is 191 g/mol. The number of fused-ring (bicyclic) bond motifs is 1. The maximum absolute atomic E-state index is 11.6. The number of allylic oxidation sites excluding steroid dienone is 3. The van der Waals surface area contributed by atoms with Gasteiger partial charge >= 0.3 is 5.97 Å². The Morgan fingerprint density at radius 2 is 2.36 bits per heavy atom. The van der Waals surface area contributed by atoms with Crippen LogP contribution in [0, 0.1) is 0 Å². The number of ketones is 1. The molecule has 0 amide bonds. The highest BCUT2D eigenvalue weighted by molar-refractivity contribution is 6.20. The molecule has 2 aliphatic rings.